The van der Waals surface area contributed by atoms with Crippen LogP contribution in [0.15, 0.2) is 109 Å². The lowest BCUT2D eigenvalue weighted by Gasteiger charge is -2.24. The van der Waals surface area contributed by atoms with Gasteiger partial charge in [0.05, 0.1) is 25.2 Å². The van der Waals surface area contributed by atoms with Gasteiger partial charge in [-0.25, -0.2) is 0 Å². The van der Waals surface area contributed by atoms with E-state index in [1.165, 1.54) is 83.5 Å². The van der Waals surface area contributed by atoms with Gasteiger partial charge in [-0.15, -0.1) is 0 Å². The van der Waals surface area contributed by atoms with Crippen LogP contribution in [0.4, 0.5) is 0 Å². The van der Waals surface area contributed by atoms with Crippen molar-refractivity contribution in [2.45, 2.75) is 232 Å². The average Bonchev–Trinajstić information content (AvgIpc) is 3.28. The number of ether oxygens (including phenoxy) is 1. The van der Waals surface area contributed by atoms with Crippen molar-refractivity contribution >= 4 is 11.9 Å². The minimum atomic E-state index is -0.818. The number of esters is 1. The number of rotatable bonds is 44. The normalized spacial score (nSPS) is 14.2. The molecule has 0 bridgehead atoms. The lowest BCUT2D eigenvalue weighted by atomic mass is 10.0. The highest BCUT2D eigenvalue weighted by molar-refractivity contribution is 5.77. The second kappa shape index (κ2) is 49.5. The third kappa shape index (κ3) is 44.9. The molecule has 0 saturated heterocycles. The first-order valence-electron chi connectivity index (χ1n) is 25.7. The number of hydrogen-bond donors (Lipinski definition) is 3. The summed E-state index contributed by atoms with van der Waals surface area (Å²) < 4.78 is 5.88. The van der Waals surface area contributed by atoms with Crippen LogP contribution in [0.2, 0.25) is 0 Å². The minimum absolute atomic E-state index is 0.0115. The Balaban J connectivity index is 4.73. The first-order chi connectivity index (χ1) is 31.0. The van der Waals surface area contributed by atoms with Crippen LogP contribution in [0.25, 0.3) is 0 Å². The zero-order valence-electron chi connectivity index (χ0n) is 40.7. The fourth-order valence-corrected chi connectivity index (χ4v) is 7.23. The van der Waals surface area contributed by atoms with Crippen molar-refractivity contribution in [3.8, 4) is 0 Å². The fourth-order valence-electron chi connectivity index (χ4n) is 7.23. The van der Waals surface area contributed by atoms with Gasteiger partial charge < -0.3 is 20.3 Å². The number of allylic oxidation sites excluding steroid dienone is 18. The molecule has 0 aliphatic heterocycles. The van der Waals surface area contributed by atoms with Crippen LogP contribution in [0.5, 0.6) is 0 Å². The monoisotopic (exact) mass is 874 g/mol. The van der Waals surface area contributed by atoms with E-state index in [2.05, 4.69) is 74.7 Å². The Bertz CT molecular complexity index is 1300. The summed E-state index contributed by atoms with van der Waals surface area (Å²) in [6.07, 6.45) is 67.2. The highest BCUT2D eigenvalue weighted by Crippen LogP contribution is 2.17. The Labute approximate surface area is 388 Å². The highest BCUT2D eigenvalue weighted by Gasteiger charge is 2.24. The van der Waals surface area contributed by atoms with E-state index in [4.69, 9.17) is 4.74 Å². The van der Waals surface area contributed by atoms with E-state index in [1.54, 1.807) is 0 Å². The fraction of sp³-hybridized carbons (Fsp3) is 0.649. The molecule has 0 aromatic rings. The van der Waals surface area contributed by atoms with Gasteiger partial charge in [-0.2, -0.15) is 0 Å². The molecule has 3 atom stereocenters. The lowest BCUT2D eigenvalue weighted by Crippen LogP contribution is -2.46. The van der Waals surface area contributed by atoms with E-state index in [9.17, 15) is 19.8 Å². The Morgan fingerprint density at radius 3 is 1.33 bits per heavy atom. The number of carbonyl (C=O) groups excluding carboxylic acids is 2. The van der Waals surface area contributed by atoms with Gasteiger partial charge in [-0.05, 0) is 57.8 Å². The molecule has 0 spiro atoms. The molecule has 0 rings (SSSR count). The van der Waals surface area contributed by atoms with Crippen LogP contribution in [-0.4, -0.2) is 46.9 Å². The van der Waals surface area contributed by atoms with Crippen molar-refractivity contribution in [1.29, 1.82) is 0 Å². The molecule has 0 aliphatic rings. The van der Waals surface area contributed by atoms with Crippen LogP contribution >= 0.6 is 0 Å². The molecule has 0 aromatic heterocycles. The minimum Gasteiger partial charge on any atom is -0.462 e. The smallest absolute Gasteiger partial charge is 0.306 e. The van der Waals surface area contributed by atoms with E-state index in [-0.39, 0.29) is 24.9 Å². The number of amides is 1. The van der Waals surface area contributed by atoms with E-state index in [1.807, 2.05) is 60.8 Å². The molecule has 0 aliphatic carbocycles. The van der Waals surface area contributed by atoms with Crippen LogP contribution < -0.4 is 5.32 Å². The quantitative estimate of drug-likeness (QED) is 0.0322. The van der Waals surface area contributed by atoms with Crippen molar-refractivity contribution in [3.63, 3.8) is 0 Å². The van der Waals surface area contributed by atoms with Gasteiger partial charge in [0.1, 0.15) is 6.10 Å². The van der Waals surface area contributed by atoms with Crippen molar-refractivity contribution in [2.24, 2.45) is 0 Å². The van der Waals surface area contributed by atoms with Crippen molar-refractivity contribution in [2.75, 3.05) is 6.61 Å². The summed E-state index contributed by atoms with van der Waals surface area (Å²) in [4.78, 5) is 26.1. The largest absolute Gasteiger partial charge is 0.462 e. The second-order valence-electron chi connectivity index (χ2n) is 17.0. The van der Waals surface area contributed by atoms with E-state index < -0.39 is 18.2 Å². The van der Waals surface area contributed by atoms with E-state index in [0.29, 0.717) is 19.3 Å². The maximum Gasteiger partial charge on any atom is 0.306 e. The molecule has 6 nitrogen and oxygen atoms in total. The Hall–Kier alpha value is -3.48. The van der Waals surface area contributed by atoms with Crippen LogP contribution in [0.1, 0.15) is 213 Å². The van der Waals surface area contributed by atoms with E-state index >= 15 is 0 Å². The van der Waals surface area contributed by atoms with Crippen LogP contribution in [-0.2, 0) is 14.3 Å². The predicted molar refractivity (Wildman–Crippen MR) is 273 cm³/mol. The summed E-state index contributed by atoms with van der Waals surface area (Å²) in [5, 5.41) is 23.8. The van der Waals surface area contributed by atoms with E-state index in [0.717, 1.165) is 83.5 Å². The van der Waals surface area contributed by atoms with Gasteiger partial charge in [-0.3, -0.25) is 9.59 Å². The van der Waals surface area contributed by atoms with Gasteiger partial charge in [0, 0.05) is 6.42 Å². The summed E-state index contributed by atoms with van der Waals surface area (Å²) in [7, 11) is 0. The number of hydrogen-bond acceptors (Lipinski definition) is 5. The first-order valence-corrected chi connectivity index (χ1v) is 25.7. The zero-order chi connectivity index (χ0) is 45.9. The van der Waals surface area contributed by atoms with Crippen molar-refractivity contribution in [1.82, 2.24) is 5.32 Å². The molecule has 63 heavy (non-hydrogen) atoms. The number of nitrogens with one attached hydrogen (secondary N) is 1. The standard InChI is InChI=1S/C57H95NO5/c1-4-7-10-13-16-19-22-25-27-29-32-34-37-40-43-46-49-55(60)54(52-59)58-56(61)51-53(48-45-42-39-36-33-31-28-26-23-20-17-14-11-8-5-2)63-57(62)50-47-44-41-38-35-30-24-21-18-15-12-9-6-3/h8-9,11-12,14-15,17-18,20-21,23-24,26,28,31,33,36,39,53-55,59-60H,4-7,10,13,16,19,22,25,27,29-30,32,34-35,37-38,40-52H2,1-3H3,(H,58,61)/b11-8-,12-9+,17-14+,18-15+,23-20+,24-21-,28-26-,33-31+,39-36+. The molecule has 1 amide bonds. The zero-order valence-corrected chi connectivity index (χ0v) is 40.7. The molecule has 0 radical (unpaired) electrons. The average molecular weight is 874 g/mol. The molecule has 0 saturated carbocycles. The van der Waals surface area contributed by atoms with Gasteiger partial charge in [0.2, 0.25) is 5.91 Å². The molecule has 0 heterocycles. The summed E-state index contributed by atoms with van der Waals surface area (Å²) in [6, 6.07) is -0.737. The van der Waals surface area contributed by atoms with Crippen LogP contribution in [0, 0.1) is 0 Å². The van der Waals surface area contributed by atoms with Crippen LogP contribution in [0.3, 0.4) is 0 Å². The predicted octanol–water partition coefficient (Wildman–Crippen LogP) is 15.5. The Morgan fingerprint density at radius 2 is 0.873 bits per heavy atom. The first kappa shape index (κ1) is 59.5. The molecule has 6 heteroatoms. The molecular formula is C57H95NO5. The Morgan fingerprint density at radius 1 is 0.476 bits per heavy atom. The summed E-state index contributed by atoms with van der Waals surface area (Å²) in [5.41, 5.74) is 0. The van der Waals surface area contributed by atoms with Gasteiger partial charge in [0.15, 0.2) is 0 Å². The molecule has 3 N–H and O–H groups in total. The number of aliphatic hydroxyl groups excluding tert-OH is 2. The Kier molecular flexibility index (Phi) is 46.8. The summed E-state index contributed by atoms with van der Waals surface area (Å²) >= 11 is 0. The van der Waals surface area contributed by atoms with Gasteiger partial charge in [-0.1, -0.05) is 252 Å². The maximum absolute atomic E-state index is 13.2. The number of aliphatic hydroxyl groups is 2. The summed E-state index contributed by atoms with van der Waals surface area (Å²) in [5.74, 6) is -0.582. The second-order valence-corrected chi connectivity index (χ2v) is 17.0. The number of unbranched alkanes of at least 4 members (excludes halogenated alkanes) is 21. The molecule has 0 fully saturated rings. The summed E-state index contributed by atoms with van der Waals surface area (Å²) in [6.45, 7) is 6.17. The topological polar surface area (TPSA) is 95.9 Å². The maximum atomic E-state index is 13.2. The van der Waals surface area contributed by atoms with Gasteiger partial charge in [0.25, 0.3) is 0 Å². The van der Waals surface area contributed by atoms with Gasteiger partial charge >= 0.3 is 5.97 Å². The molecule has 0 aromatic carbocycles. The molecule has 358 valence electrons. The molecule has 3 unspecified atom stereocenters. The van der Waals surface area contributed by atoms with Crippen molar-refractivity contribution in [3.05, 3.63) is 109 Å². The molecular weight excluding hydrogens is 779 g/mol. The SMILES string of the molecule is CC\C=C/C=C/C=C/C=C\C=C\C=C\CCCC(CC(=O)NC(CO)C(O)CCCCCCCCCCCCCCCCCC)OC(=O)CCCCCCC\C=C/C=C/C=C/CC. The third-order valence-corrected chi connectivity index (χ3v) is 11.1. The third-order valence-electron chi connectivity index (χ3n) is 11.1. The van der Waals surface area contributed by atoms with Crippen molar-refractivity contribution < 1.29 is 24.5 Å². The highest BCUT2D eigenvalue weighted by atomic mass is 16.5. The lowest BCUT2D eigenvalue weighted by molar-refractivity contribution is -0.151. The number of carbonyl (C=O) groups is 2.